The van der Waals surface area contributed by atoms with E-state index in [1.165, 1.54) is 24.3 Å². The Kier molecular flexibility index (Phi) is 4.86. The van der Waals surface area contributed by atoms with Crippen LogP contribution >= 0.6 is 0 Å². The summed E-state index contributed by atoms with van der Waals surface area (Å²) in [5, 5.41) is 0. The summed E-state index contributed by atoms with van der Waals surface area (Å²) in [6.07, 6.45) is 1.85. The van der Waals surface area contributed by atoms with E-state index < -0.39 is 31.4 Å². The highest BCUT2D eigenvalue weighted by Crippen LogP contribution is 2.64. The molecule has 1 aromatic rings. The molecule has 10 heteroatoms. The zero-order valence-electron chi connectivity index (χ0n) is 16.0. The van der Waals surface area contributed by atoms with Gasteiger partial charge in [-0.3, -0.25) is 14.3 Å². The molecule has 0 radical (unpaired) electrons. The number of benzene rings is 1. The fraction of sp³-hybridized carbons (Fsp3) is 0.556. The van der Waals surface area contributed by atoms with Gasteiger partial charge in [-0.1, -0.05) is 13.8 Å². The fourth-order valence-electron chi connectivity index (χ4n) is 4.60. The Balaban J connectivity index is 1.78. The van der Waals surface area contributed by atoms with Gasteiger partial charge in [-0.15, -0.1) is 0 Å². The largest absolute Gasteiger partial charge is 0.299 e. The highest BCUT2D eigenvalue weighted by molar-refractivity contribution is 7.92. The van der Waals surface area contributed by atoms with Crippen LogP contribution in [-0.4, -0.2) is 34.3 Å². The van der Waals surface area contributed by atoms with Gasteiger partial charge in [0.05, 0.1) is 16.1 Å². The number of Topliss-reactive ketones (excluding diaryl/α,β-unsaturated/α-hetero) is 1. The van der Waals surface area contributed by atoms with Crippen molar-refractivity contribution >= 4 is 37.4 Å². The van der Waals surface area contributed by atoms with Crippen molar-refractivity contribution in [3.05, 3.63) is 24.3 Å². The monoisotopic (exact) mass is 428 g/mol. The highest BCUT2D eigenvalue weighted by Gasteiger charge is 2.65. The number of rotatable bonds is 6. The van der Waals surface area contributed by atoms with E-state index >= 15 is 0 Å². The Morgan fingerprint density at radius 2 is 1.75 bits per heavy atom. The first-order valence-electron chi connectivity index (χ1n) is 8.96. The molecule has 2 bridgehead atoms. The summed E-state index contributed by atoms with van der Waals surface area (Å²) in [6, 6.07) is 5.03. The SMILES string of the molecule is CC(=O)NS(=O)(=O)c1ccc(NS(=O)(=O)C[C@]23CC[C@@H](CC2=O)C3(C)C)cc1. The predicted molar refractivity (Wildman–Crippen MR) is 103 cm³/mol. The molecule has 8 nitrogen and oxygen atoms in total. The molecule has 2 aliphatic rings. The molecule has 1 amide bonds. The number of fused-ring (bicyclic) bond motifs is 2. The number of amides is 1. The number of ketones is 1. The normalized spacial score (nSPS) is 26.2. The summed E-state index contributed by atoms with van der Waals surface area (Å²) >= 11 is 0. The van der Waals surface area contributed by atoms with Crippen LogP contribution in [0, 0.1) is 16.7 Å². The Labute approximate surface area is 165 Å². The molecule has 2 N–H and O–H groups in total. The quantitative estimate of drug-likeness (QED) is 0.709. The van der Waals surface area contributed by atoms with Crippen molar-refractivity contribution in [2.75, 3.05) is 10.5 Å². The Bertz CT molecular complexity index is 1030. The third kappa shape index (κ3) is 3.43. The van der Waals surface area contributed by atoms with Crippen LogP contribution in [0.3, 0.4) is 0 Å². The molecule has 0 heterocycles. The summed E-state index contributed by atoms with van der Waals surface area (Å²) in [4.78, 5) is 23.4. The zero-order valence-corrected chi connectivity index (χ0v) is 17.6. The van der Waals surface area contributed by atoms with E-state index in [1.54, 1.807) is 0 Å². The first-order chi connectivity index (χ1) is 12.8. The van der Waals surface area contributed by atoms with Crippen molar-refractivity contribution in [2.45, 2.75) is 44.9 Å². The second-order valence-corrected chi connectivity index (χ2v) is 11.6. The molecular formula is C18H24N2O6S2. The van der Waals surface area contributed by atoms with Crippen LogP contribution in [0.2, 0.25) is 0 Å². The average molecular weight is 429 g/mol. The molecule has 2 fully saturated rings. The van der Waals surface area contributed by atoms with E-state index in [0.717, 1.165) is 13.3 Å². The summed E-state index contributed by atoms with van der Waals surface area (Å²) in [6.45, 7) is 5.01. The minimum atomic E-state index is -3.99. The molecule has 0 saturated heterocycles. The minimum Gasteiger partial charge on any atom is -0.299 e. The molecule has 2 aliphatic carbocycles. The van der Waals surface area contributed by atoms with E-state index in [1.807, 2.05) is 18.6 Å². The summed E-state index contributed by atoms with van der Waals surface area (Å²) in [7, 11) is -7.81. The van der Waals surface area contributed by atoms with Crippen molar-refractivity contribution < 1.29 is 26.4 Å². The van der Waals surface area contributed by atoms with E-state index in [2.05, 4.69) is 4.72 Å². The lowest BCUT2D eigenvalue weighted by molar-refractivity contribution is -0.128. The van der Waals surface area contributed by atoms with Crippen LogP contribution in [0.5, 0.6) is 0 Å². The van der Waals surface area contributed by atoms with Crippen molar-refractivity contribution in [3.8, 4) is 0 Å². The number of carbonyl (C=O) groups excluding carboxylic acids is 2. The number of hydrogen-bond acceptors (Lipinski definition) is 6. The van der Waals surface area contributed by atoms with Crippen LogP contribution in [0.25, 0.3) is 0 Å². The third-order valence-corrected chi connectivity index (χ3v) is 9.16. The highest BCUT2D eigenvalue weighted by atomic mass is 32.2. The van der Waals surface area contributed by atoms with Crippen LogP contribution < -0.4 is 9.44 Å². The van der Waals surface area contributed by atoms with E-state index in [4.69, 9.17) is 0 Å². The van der Waals surface area contributed by atoms with Crippen LogP contribution in [0.1, 0.15) is 40.0 Å². The van der Waals surface area contributed by atoms with Crippen LogP contribution in [0.4, 0.5) is 5.69 Å². The number of nitrogens with one attached hydrogen (secondary N) is 2. The maximum atomic E-state index is 12.8. The van der Waals surface area contributed by atoms with E-state index in [-0.39, 0.29) is 33.5 Å². The lowest BCUT2D eigenvalue weighted by Gasteiger charge is -2.36. The second kappa shape index (κ2) is 6.55. The van der Waals surface area contributed by atoms with Gasteiger partial charge in [-0.25, -0.2) is 21.6 Å². The third-order valence-electron chi connectivity index (χ3n) is 6.29. The number of sulfonamides is 2. The van der Waals surface area contributed by atoms with Crippen molar-refractivity contribution in [1.29, 1.82) is 0 Å². The lowest BCUT2D eigenvalue weighted by Crippen LogP contribution is -2.43. The van der Waals surface area contributed by atoms with Gasteiger partial charge in [-0.05, 0) is 48.4 Å². The maximum absolute atomic E-state index is 12.8. The van der Waals surface area contributed by atoms with Crippen LogP contribution in [0.15, 0.2) is 29.2 Å². The van der Waals surface area contributed by atoms with Gasteiger partial charge in [0.1, 0.15) is 5.78 Å². The van der Waals surface area contributed by atoms with Gasteiger partial charge in [-0.2, -0.15) is 0 Å². The maximum Gasteiger partial charge on any atom is 0.264 e. The summed E-state index contributed by atoms with van der Waals surface area (Å²) in [5.41, 5.74) is -1.05. The van der Waals surface area contributed by atoms with E-state index in [9.17, 15) is 26.4 Å². The molecule has 28 heavy (non-hydrogen) atoms. The number of carbonyl (C=O) groups is 2. The van der Waals surface area contributed by atoms with Gasteiger partial charge < -0.3 is 0 Å². The van der Waals surface area contributed by atoms with Gasteiger partial charge in [0.25, 0.3) is 10.0 Å². The molecule has 0 aromatic heterocycles. The van der Waals surface area contributed by atoms with Crippen LogP contribution in [-0.2, 0) is 29.6 Å². The van der Waals surface area contributed by atoms with Crippen molar-refractivity contribution in [1.82, 2.24) is 4.72 Å². The molecular weight excluding hydrogens is 404 g/mol. The predicted octanol–water partition coefficient (Wildman–Crippen LogP) is 1.65. The molecule has 3 rings (SSSR count). The Morgan fingerprint density at radius 1 is 1.14 bits per heavy atom. The summed E-state index contributed by atoms with van der Waals surface area (Å²) in [5.74, 6) is -0.777. The molecule has 0 aliphatic heterocycles. The standard InChI is InChI=1S/C18H24N2O6S2/c1-12(21)19-28(25,26)15-6-4-14(5-7-15)20-27(23,24)11-18-9-8-13(10-16(18)22)17(18,2)3/h4-7,13,20H,8-11H2,1-3H3,(H,19,21)/t13-,18+/m0/s1. The molecule has 154 valence electrons. The minimum absolute atomic E-state index is 0.0101. The fourth-order valence-corrected chi connectivity index (χ4v) is 7.48. The van der Waals surface area contributed by atoms with Gasteiger partial charge >= 0.3 is 0 Å². The zero-order chi connectivity index (χ0) is 21.0. The second-order valence-electron chi connectivity index (χ2n) is 8.21. The molecule has 2 saturated carbocycles. The van der Waals surface area contributed by atoms with Crippen molar-refractivity contribution in [3.63, 3.8) is 0 Å². The van der Waals surface area contributed by atoms with E-state index in [0.29, 0.717) is 12.8 Å². The Morgan fingerprint density at radius 3 is 2.21 bits per heavy atom. The van der Waals surface area contributed by atoms with Crippen molar-refractivity contribution in [2.24, 2.45) is 16.7 Å². The molecule has 1 aromatic carbocycles. The van der Waals surface area contributed by atoms with Gasteiger partial charge in [0, 0.05) is 19.0 Å². The first kappa shape index (κ1) is 20.8. The number of anilines is 1. The number of hydrogen-bond donors (Lipinski definition) is 2. The molecule has 2 atom stereocenters. The first-order valence-corrected chi connectivity index (χ1v) is 12.1. The molecule has 0 unspecified atom stereocenters. The van der Waals surface area contributed by atoms with Gasteiger partial charge in [0.15, 0.2) is 0 Å². The average Bonchev–Trinajstić information content (AvgIpc) is 2.87. The topological polar surface area (TPSA) is 126 Å². The smallest absolute Gasteiger partial charge is 0.264 e. The lowest BCUT2D eigenvalue weighted by atomic mass is 9.70. The van der Waals surface area contributed by atoms with Gasteiger partial charge in [0.2, 0.25) is 15.9 Å². The molecule has 0 spiro atoms. The Hall–Kier alpha value is -1.94. The summed E-state index contributed by atoms with van der Waals surface area (Å²) < 4.78 is 53.7.